The Balaban J connectivity index is 1.31. The van der Waals surface area contributed by atoms with Crippen LogP contribution in [-0.4, -0.2) is 42.3 Å². The van der Waals surface area contributed by atoms with E-state index in [0.717, 1.165) is 12.1 Å². The lowest BCUT2D eigenvalue weighted by Crippen LogP contribution is -2.54. The summed E-state index contributed by atoms with van der Waals surface area (Å²) in [5.41, 5.74) is 8.39. The Hall–Kier alpha value is -2.32. The van der Waals surface area contributed by atoms with Gasteiger partial charge in [0.15, 0.2) is 0 Å². The number of aromatic nitrogens is 1. The van der Waals surface area contributed by atoms with Crippen molar-refractivity contribution in [1.29, 1.82) is 0 Å². The van der Waals surface area contributed by atoms with Crippen molar-refractivity contribution in [3.8, 4) is 0 Å². The van der Waals surface area contributed by atoms with Crippen molar-refractivity contribution in [2.24, 2.45) is 0 Å². The minimum atomic E-state index is -0.274. The average molecular weight is 382 g/mol. The molecular formula is C21H26N4O3. The SMILES string of the molecule is O=C(N[C@@H]1CCOC[C@H]1OCc1ccccn1)C1CC(c2ccccc2)NN1. The molecule has 2 aromatic rings. The molecule has 1 aromatic carbocycles. The van der Waals surface area contributed by atoms with E-state index >= 15 is 0 Å². The summed E-state index contributed by atoms with van der Waals surface area (Å²) in [5.74, 6) is -0.00994. The van der Waals surface area contributed by atoms with Crippen LogP contribution < -0.4 is 16.2 Å². The molecule has 2 fully saturated rings. The Morgan fingerprint density at radius 2 is 2.04 bits per heavy atom. The molecule has 0 radical (unpaired) electrons. The van der Waals surface area contributed by atoms with Gasteiger partial charge in [-0.1, -0.05) is 36.4 Å². The van der Waals surface area contributed by atoms with Gasteiger partial charge in [-0.3, -0.25) is 9.78 Å². The van der Waals surface area contributed by atoms with Gasteiger partial charge in [-0.25, -0.2) is 10.9 Å². The predicted octanol–water partition coefficient (Wildman–Crippen LogP) is 1.48. The van der Waals surface area contributed by atoms with E-state index in [1.165, 1.54) is 5.56 Å². The molecule has 148 valence electrons. The number of ether oxygens (including phenoxy) is 2. The topological polar surface area (TPSA) is 84.5 Å². The highest BCUT2D eigenvalue weighted by atomic mass is 16.5. The molecule has 0 spiro atoms. The maximum Gasteiger partial charge on any atom is 0.238 e. The fraction of sp³-hybridized carbons (Fsp3) is 0.429. The van der Waals surface area contributed by atoms with Gasteiger partial charge in [0.05, 0.1) is 24.9 Å². The van der Waals surface area contributed by atoms with Crippen LogP contribution in [0.4, 0.5) is 0 Å². The second-order valence-corrected chi connectivity index (χ2v) is 7.19. The van der Waals surface area contributed by atoms with Crippen LogP contribution in [0.15, 0.2) is 54.7 Å². The third-order valence-electron chi connectivity index (χ3n) is 5.22. The summed E-state index contributed by atoms with van der Waals surface area (Å²) in [5, 5.41) is 3.15. The molecule has 2 aliphatic heterocycles. The number of nitrogens with zero attached hydrogens (tertiary/aromatic N) is 1. The van der Waals surface area contributed by atoms with Gasteiger partial charge in [0.1, 0.15) is 12.1 Å². The Kier molecular flexibility index (Phi) is 6.28. The molecule has 2 saturated heterocycles. The molecule has 4 rings (SSSR count). The molecule has 2 aliphatic rings. The predicted molar refractivity (Wildman–Crippen MR) is 104 cm³/mol. The number of nitrogens with one attached hydrogen (secondary N) is 3. The Labute approximate surface area is 164 Å². The molecule has 4 atom stereocenters. The fourth-order valence-corrected chi connectivity index (χ4v) is 3.63. The lowest BCUT2D eigenvalue weighted by molar-refractivity contribution is -0.128. The van der Waals surface area contributed by atoms with Crippen LogP contribution in [0.25, 0.3) is 0 Å². The molecule has 3 heterocycles. The van der Waals surface area contributed by atoms with Crippen molar-refractivity contribution in [2.45, 2.75) is 43.7 Å². The molecule has 3 N–H and O–H groups in total. The first-order valence-electron chi connectivity index (χ1n) is 9.75. The third kappa shape index (κ3) is 4.74. The Morgan fingerprint density at radius 1 is 1.18 bits per heavy atom. The third-order valence-corrected chi connectivity index (χ3v) is 5.22. The summed E-state index contributed by atoms with van der Waals surface area (Å²) in [6.45, 7) is 1.50. The highest BCUT2D eigenvalue weighted by Crippen LogP contribution is 2.22. The summed E-state index contributed by atoms with van der Waals surface area (Å²) >= 11 is 0. The summed E-state index contributed by atoms with van der Waals surface area (Å²) < 4.78 is 11.6. The van der Waals surface area contributed by atoms with E-state index in [0.29, 0.717) is 26.2 Å². The van der Waals surface area contributed by atoms with Gasteiger partial charge in [0.25, 0.3) is 0 Å². The molecule has 2 unspecified atom stereocenters. The first-order chi connectivity index (χ1) is 13.8. The molecule has 1 aromatic heterocycles. The summed E-state index contributed by atoms with van der Waals surface area (Å²) in [4.78, 5) is 17.1. The second-order valence-electron chi connectivity index (χ2n) is 7.19. The van der Waals surface area contributed by atoms with Gasteiger partial charge in [-0.05, 0) is 30.5 Å². The molecule has 0 aliphatic carbocycles. The number of rotatable bonds is 6. The number of hydrogen-bond donors (Lipinski definition) is 3. The van der Waals surface area contributed by atoms with E-state index < -0.39 is 0 Å². The first-order valence-corrected chi connectivity index (χ1v) is 9.75. The molecular weight excluding hydrogens is 356 g/mol. The van der Waals surface area contributed by atoms with E-state index in [2.05, 4.69) is 33.3 Å². The number of hydrazine groups is 1. The molecule has 28 heavy (non-hydrogen) atoms. The van der Waals surface area contributed by atoms with Gasteiger partial charge >= 0.3 is 0 Å². The van der Waals surface area contributed by atoms with Gasteiger partial charge in [0.2, 0.25) is 5.91 Å². The van der Waals surface area contributed by atoms with Crippen LogP contribution in [-0.2, 0) is 20.9 Å². The minimum Gasteiger partial charge on any atom is -0.379 e. The van der Waals surface area contributed by atoms with Gasteiger partial charge in [-0.15, -0.1) is 0 Å². The molecule has 1 amide bonds. The van der Waals surface area contributed by atoms with Crippen LogP contribution in [0.5, 0.6) is 0 Å². The van der Waals surface area contributed by atoms with E-state index in [1.807, 2.05) is 36.4 Å². The lowest BCUT2D eigenvalue weighted by Gasteiger charge is -2.32. The van der Waals surface area contributed by atoms with Crippen LogP contribution in [0.3, 0.4) is 0 Å². The van der Waals surface area contributed by atoms with Crippen LogP contribution in [0.1, 0.15) is 30.1 Å². The maximum atomic E-state index is 12.8. The number of pyridine rings is 1. The van der Waals surface area contributed by atoms with Crippen molar-refractivity contribution in [1.82, 2.24) is 21.2 Å². The number of benzene rings is 1. The first kappa shape index (κ1) is 19.0. The maximum absolute atomic E-state index is 12.8. The van der Waals surface area contributed by atoms with Crippen molar-refractivity contribution in [3.05, 3.63) is 66.0 Å². The smallest absolute Gasteiger partial charge is 0.238 e. The fourth-order valence-electron chi connectivity index (χ4n) is 3.63. The van der Waals surface area contributed by atoms with Crippen LogP contribution in [0.2, 0.25) is 0 Å². The molecule has 7 heteroatoms. The van der Waals surface area contributed by atoms with Crippen molar-refractivity contribution >= 4 is 5.91 Å². The van der Waals surface area contributed by atoms with Crippen molar-refractivity contribution < 1.29 is 14.3 Å². The minimum absolute atomic E-state index is 0.00994. The van der Waals surface area contributed by atoms with E-state index in [4.69, 9.17) is 9.47 Å². The van der Waals surface area contributed by atoms with Crippen LogP contribution in [0, 0.1) is 0 Å². The molecule has 7 nitrogen and oxygen atoms in total. The highest BCUT2D eigenvalue weighted by molar-refractivity contribution is 5.82. The zero-order valence-corrected chi connectivity index (χ0v) is 15.7. The van der Waals surface area contributed by atoms with E-state index in [9.17, 15) is 4.79 Å². The molecule has 0 saturated carbocycles. The van der Waals surface area contributed by atoms with Crippen molar-refractivity contribution in [3.63, 3.8) is 0 Å². The van der Waals surface area contributed by atoms with Gasteiger partial charge in [-0.2, -0.15) is 0 Å². The van der Waals surface area contributed by atoms with E-state index in [1.54, 1.807) is 6.20 Å². The number of amides is 1. The van der Waals surface area contributed by atoms with Gasteiger partial charge in [0, 0.05) is 18.8 Å². The zero-order chi connectivity index (χ0) is 19.2. The lowest BCUT2D eigenvalue weighted by atomic mass is 10.0. The number of carbonyl (C=O) groups is 1. The number of carbonyl (C=O) groups excluding carboxylic acids is 1. The summed E-state index contributed by atoms with van der Waals surface area (Å²) in [6, 6.07) is 15.7. The summed E-state index contributed by atoms with van der Waals surface area (Å²) in [7, 11) is 0. The Morgan fingerprint density at radius 3 is 2.86 bits per heavy atom. The summed E-state index contributed by atoms with van der Waals surface area (Å²) in [6.07, 6.45) is 3.01. The zero-order valence-electron chi connectivity index (χ0n) is 15.7. The quantitative estimate of drug-likeness (QED) is 0.702. The van der Waals surface area contributed by atoms with Crippen LogP contribution >= 0.6 is 0 Å². The standard InChI is InChI=1S/C21H26N4O3/c26-21(19-12-18(24-25-19)15-6-2-1-3-7-15)23-17-9-11-27-14-20(17)28-13-16-8-4-5-10-22-16/h1-8,10,17-20,24-25H,9,11-14H2,(H,23,26)/t17-,18?,19?,20-/m1/s1. The molecule has 0 bridgehead atoms. The largest absolute Gasteiger partial charge is 0.379 e. The number of hydrogen-bond acceptors (Lipinski definition) is 6. The second kappa shape index (κ2) is 9.25. The van der Waals surface area contributed by atoms with E-state index in [-0.39, 0.29) is 30.1 Å². The monoisotopic (exact) mass is 382 g/mol. The van der Waals surface area contributed by atoms with Gasteiger partial charge < -0.3 is 14.8 Å². The normalized spacial score (nSPS) is 27.4. The average Bonchev–Trinajstić information content (AvgIpc) is 3.25. The Bertz CT molecular complexity index is 759. The van der Waals surface area contributed by atoms with Crippen molar-refractivity contribution in [2.75, 3.05) is 13.2 Å². The highest BCUT2D eigenvalue weighted by Gasteiger charge is 2.34.